The SMILES string of the molecule is COc1ccc(-c2nnc(NC3CCN(Cc4ccc(OC5CCCCN(C)C5)cc4)CC3)c3cc(OC)ccc23)cc1. The van der Waals surface area contributed by atoms with E-state index in [1.54, 1.807) is 14.2 Å². The van der Waals surface area contributed by atoms with Crippen LogP contribution < -0.4 is 19.5 Å². The highest BCUT2D eigenvalue weighted by Gasteiger charge is 2.22. The molecular formula is C35H43N5O3. The van der Waals surface area contributed by atoms with E-state index >= 15 is 0 Å². The molecule has 0 aliphatic carbocycles. The van der Waals surface area contributed by atoms with Crippen molar-refractivity contribution in [1.29, 1.82) is 0 Å². The molecule has 0 bridgehead atoms. The first kappa shape index (κ1) is 29.2. The number of anilines is 1. The fourth-order valence-corrected chi connectivity index (χ4v) is 6.26. The second kappa shape index (κ2) is 13.6. The number of methoxy groups -OCH3 is 2. The Bertz CT molecular complexity index is 1490. The van der Waals surface area contributed by atoms with Gasteiger partial charge in [0.05, 0.1) is 14.2 Å². The molecule has 43 heavy (non-hydrogen) atoms. The van der Waals surface area contributed by atoms with Gasteiger partial charge in [-0.3, -0.25) is 4.90 Å². The van der Waals surface area contributed by atoms with Crippen molar-refractivity contribution >= 4 is 16.6 Å². The molecule has 3 aromatic carbocycles. The third kappa shape index (κ3) is 7.20. The second-order valence-corrected chi connectivity index (χ2v) is 11.9. The van der Waals surface area contributed by atoms with Gasteiger partial charge in [0, 0.05) is 48.6 Å². The van der Waals surface area contributed by atoms with Gasteiger partial charge in [-0.05, 0) is 106 Å². The Labute approximate surface area is 255 Å². The van der Waals surface area contributed by atoms with E-state index in [2.05, 4.69) is 68.8 Å². The minimum Gasteiger partial charge on any atom is -0.497 e. The van der Waals surface area contributed by atoms with Crippen molar-refractivity contribution in [3.05, 3.63) is 72.3 Å². The summed E-state index contributed by atoms with van der Waals surface area (Å²) < 4.78 is 17.2. The molecule has 1 unspecified atom stereocenters. The van der Waals surface area contributed by atoms with E-state index in [9.17, 15) is 0 Å². The first-order chi connectivity index (χ1) is 21.1. The molecule has 2 saturated heterocycles. The van der Waals surface area contributed by atoms with E-state index in [0.29, 0.717) is 6.04 Å². The summed E-state index contributed by atoms with van der Waals surface area (Å²) >= 11 is 0. The summed E-state index contributed by atoms with van der Waals surface area (Å²) in [5, 5.41) is 15.1. The van der Waals surface area contributed by atoms with Gasteiger partial charge in [-0.1, -0.05) is 12.1 Å². The van der Waals surface area contributed by atoms with Crippen molar-refractivity contribution in [2.24, 2.45) is 0 Å². The highest BCUT2D eigenvalue weighted by Crippen LogP contribution is 2.34. The van der Waals surface area contributed by atoms with Crippen LogP contribution in [0.1, 0.15) is 37.7 Å². The third-order valence-electron chi connectivity index (χ3n) is 8.74. The molecular weight excluding hydrogens is 538 g/mol. The maximum absolute atomic E-state index is 6.32. The van der Waals surface area contributed by atoms with Crippen LogP contribution in [-0.2, 0) is 6.54 Å². The van der Waals surface area contributed by atoms with Gasteiger partial charge >= 0.3 is 0 Å². The van der Waals surface area contributed by atoms with Crippen LogP contribution in [0.4, 0.5) is 5.82 Å². The molecule has 1 aromatic heterocycles. The van der Waals surface area contributed by atoms with Crippen molar-refractivity contribution < 1.29 is 14.2 Å². The van der Waals surface area contributed by atoms with E-state index in [1.807, 2.05) is 30.3 Å². The summed E-state index contributed by atoms with van der Waals surface area (Å²) in [6, 6.07) is 23.1. The topological polar surface area (TPSA) is 72.0 Å². The van der Waals surface area contributed by atoms with E-state index in [-0.39, 0.29) is 6.10 Å². The van der Waals surface area contributed by atoms with Crippen molar-refractivity contribution in [2.45, 2.75) is 50.8 Å². The minimum absolute atomic E-state index is 0.284. The third-order valence-corrected chi connectivity index (χ3v) is 8.74. The molecule has 3 heterocycles. The van der Waals surface area contributed by atoms with Gasteiger partial charge < -0.3 is 24.4 Å². The maximum Gasteiger partial charge on any atom is 0.156 e. The molecule has 226 valence electrons. The normalized spacial score (nSPS) is 18.7. The molecule has 2 fully saturated rings. The molecule has 1 atom stereocenters. The molecule has 0 spiro atoms. The number of rotatable bonds is 9. The Morgan fingerprint density at radius 1 is 0.767 bits per heavy atom. The molecule has 8 heteroatoms. The summed E-state index contributed by atoms with van der Waals surface area (Å²) in [6.45, 7) is 5.19. The summed E-state index contributed by atoms with van der Waals surface area (Å²) in [6.07, 6.45) is 6.01. The largest absolute Gasteiger partial charge is 0.497 e. The number of hydrogen-bond donors (Lipinski definition) is 1. The van der Waals surface area contributed by atoms with Gasteiger partial charge in [0.15, 0.2) is 5.82 Å². The van der Waals surface area contributed by atoms with Crippen molar-refractivity contribution in [1.82, 2.24) is 20.0 Å². The molecule has 0 amide bonds. The average Bonchev–Trinajstić information content (AvgIpc) is 3.26. The molecule has 0 radical (unpaired) electrons. The fourth-order valence-electron chi connectivity index (χ4n) is 6.26. The van der Waals surface area contributed by atoms with Crippen LogP contribution in [-0.4, -0.2) is 79.6 Å². The Balaban J connectivity index is 1.07. The Kier molecular flexibility index (Phi) is 9.24. The number of hydrogen-bond acceptors (Lipinski definition) is 8. The fraction of sp³-hybridized carbons (Fsp3) is 0.429. The van der Waals surface area contributed by atoms with Crippen molar-refractivity contribution in [3.63, 3.8) is 0 Å². The van der Waals surface area contributed by atoms with Crippen LogP contribution in [0.5, 0.6) is 17.2 Å². The average molecular weight is 582 g/mol. The number of likely N-dealkylation sites (N-methyl/N-ethyl adjacent to an activating group) is 1. The van der Waals surface area contributed by atoms with Crippen LogP contribution in [0, 0.1) is 0 Å². The zero-order valence-corrected chi connectivity index (χ0v) is 25.6. The van der Waals surface area contributed by atoms with E-state index < -0.39 is 0 Å². The van der Waals surface area contributed by atoms with E-state index in [0.717, 1.165) is 90.5 Å². The molecule has 2 aliphatic heterocycles. The van der Waals surface area contributed by atoms with E-state index in [1.165, 1.54) is 24.9 Å². The Morgan fingerprint density at radius 3 is 2.23 bits per heavy atom. The van der Waals surface area contributed by atoms with E-state index in [4.69, 9.17) is 14.2 Å². The predicted octanol–water partition coefficient (Wildman–Crippen LogP) is 6.25. The lowest BCUT2D eigenvalue weighted by atomic mass is 10.0. The highest BCUT2D eigenvalue weighted by molar-refractivity contribution is 6.00. The lowest BCUT2D eigenvalue weighted by Crippen LogP contribution is -2.38. The molecule has 0 saturated carbocycles. The Hall–Kier alpha value is -3.88. The number of likely N-dealkylation sites (tertiary alicyclic amines) is 2. The van der Waals surface area contributed by atoms with Crippen molar-refractivity contribution in [3.8, 4) is 28.5 Å². The van der Waals surface area contributed by atoms with Crippen LogP contribution in [0.3, 0.4) is 0 Å². The van der Waals surface area contributed by atoms with Crippen LogP contribution in [0.25, 0.3) is 22.0 Å². The molecule has 4 aromatic rings. The first-order valence-electron chi connectivity index (χ1n) is 15.5. The molecule has 2 aliphatic rings. The summed E-state index contributed by atoms with van der Waals surface area (Å²) in [5.74, 6) is 3.41. The summed E-state index contributed by atoms with van der Waals surface area (Å²) in [5.41, 5.74) is 3.17. The smallest absolute Gasteiger partial charge is 0.156 e. The standard InChI is InChI=1S/C35H43N5O3/c1-39-19-5-4-6-31(24-39)43-29-11-7-25(8-12-29)23-40-20-17-27(18-21-40)36-35-33-22-30(42-3)15-16-32(33)34(37-38-35)26-9-13-28(41-2)14-10-26/h7-16,22,27,31H,4-6,17-21,23-24H2,1-3H3,(H,36,38). The van der Waals surface area contributed by atoms with Crippen LogP contribution in [0.2, 0.25) is 0 Å². The monoisotopic (exact) mass is 581 g/mol. The zero-order valence-electron chi connectivity index (χ0n) is 25.6. The van der Waals surface area contributed by atoms with Gasteiger partial charge in [-0.25, -0.2) is 0 Å². The molecule has 8 nitrogen and oxygen atoms in total. The first-order valence-corrected chi connectivity index (χ1v) is 15.5. The predicted molar refractivity (Wildman–Crippen MR) is 172 cm³/mol. The zero-order chi connectivity index (χ0) is 29.6. The van der Waals surface area contributed by atoms with Gasteiger partial charge in [-0.15, -0.1) is 10.2 Å². The Morgan fingerprint density at radius 2 is 1.49 bits per heavy atom. The summed E-state index contributed by atoms with van der Waals surface area (Å²) in [7, 11) is 5.56. The molecule has 1 N–H and O–H groups in total. The van der Waals surface area contributed by atoms with Crippen LogP contribution in [0.15, 0.2) is 66.7 Å². The van der Waals surface area contributed by atoms with Gasteiger partial charge in [0.25, 0.3) is 0 Å². The van der Waals surface area contributed by atoms with Crippen LogP contribution >= 0.6 is 0 Å². The lowest BCUT2D eigenvalue weighted by molar-refractivity contribution is 0.155. The van der Waals surface area contributed by atoms with Gasteiger partial charge in [-0.2, -0.15) is 0 Å². The molecule has 6 rings (SSSR count). The van der Waals surface area contributed by atoms with Gasteiger partial charge in [0.2, 0.25) is 0 Å². The number of piperidine rings is 1. The quantitative estimate of drug-likeness (QED) is 0.249. The maximum atomic E-state index is 6.32. The van der Waals surface area contributed by atoms with Crippen molar-refractivity contribution in [2.75, 3.05) is 52.8 Å². The minimum atomic E-state index is 0.284. The highest BCUT2D eigenvalue weighted by atomic mass is 16.5. The number of nitrogens with one attached hydrogen (secondary N) is 1. The number of aromatic nitrogens is 2. The number of fused-ring (bicyclic) bond motifs is 1. The van der Waals surface area contributed by atoms with Gasteiger partial charge in [0.1, 0.15) is 29.0 Å². The second-order valence-electron chi connectivity index (χ2n) is 11.9. The summed E-state index contributed by atoms with van der Waals surface area (Å²) in [4.78, 5) is 4.92. The number of nitrogens with zero attached hydrogens (tertiary/aromatic N) is 4. The lowest BCUT2D eigenvalue weighted by Gasteiger charge is -2.32. The number of benzene rings is 3. The number of ether oxygens (including phenoxy) is 3.